The molecule has 0 radical (unpaired) electrons. The Kier molecular flexibility index (Phi) is 2.55. The van der Waals surface area contributed by atoms with E-state index in [-0.39, 0.29) is 0 Å². The van der Waals surface area contributed by atoms with Gasteiger partial charge in [0.05, 0.1) is 0 Å². The van der Waals surface area contributed by atoms with Crippen molar-refractivity contribution in [3.8, 4) is 0 Å². The number of nitrogens with zero attached hydrogens (tertiary/aromatic N) is 1. The Morgan fingerprint density at radius 1 is 1.50 bits per heavy atom. The van der Waals surface area contributed by atoms with Crippen molar-refractivity contribution in [3.63, 3.8) is 0 Å². The molecule has 0 saturated heterocycles. The van der Waals surface area contributed by atoms with Crippen LogP contribution >= 0.6 is 11.6 Å². The summed E-state index contributed by atoms with van der Waals surface area (Å²) in [7, 11) is 0. The molecule has 0 spiro atoms. The highest BCUT2D eigenvalue weighted by Gasteiger charge is 2.23. The number of benzene rings is 1. The molecule has 0 fully saturated rings. The Morgan fingerprint density at radius 3 is 3.07 bits per heavy atom. The average molecular weight is 211 g/mol. The van der Waals surface area contributed by atoms with Crippen molar-refractivity contribution >= 4 is 11.6 Å². The van der Waals surface area contributed by atoms with E-state index in [9.17, 15) is 4.91 Å². The minimum absolute atomic E-state index is 0.433. The normalized spacial score (nSPS) is 21.6. The summed E-state index contributed by atoms with van der Waals surface area (Å²) in [5.74, 6) is 0.433. The summed E-state index contributed by atoms with van der Waals surface area (Å²) in [5.41, 5.74) is 2.35. The zero-order valence-corrected chi connectivity index (χ0v) is 8.92. The van der Waals surface area contributed by atoms with Gasteiger partial charge in [0.15, 0.2) is 6.54 Å². The lowest BCUT2D eigenvalue weighted by Crippen LogP contribution is -2.06. The minimum atomic E-state index is 0.433. The molecule has 3 heteroatoms. The molecule has 0 N–H and O–H groups in total. The Morgan fingerprint density at radius 2 is 2.29 bits per heavy atom. The second-order valence-electron chi connectivity index (χ2n) is 3.90. The number of rotatable bonds is 0. The maximum absolute atomic E-state index is 11.4. The third-order valence-corrected chi connectivity index (χ3v) is 3.03. The average Bonchev–Trinajstić information content (AvgIpc) is 2.29. The predicted octanol–water partition coefficient (Wildman–Crippen LogP) is 3.13. The first-order chi connectivity index (χ1) is 6.66. The molecular formula is C11H13ClNO+. The predicted molar refractivity (Wildman–Crippen MR) is 56.7 cm³/mol. The van der Waals surface area contributed by atoms with Gasteiger partial charge in [0, 0.05) is 26.7 Å². The van der Waals surface area contributed by atoms with E-state index in [0.29, 0.717) is 19.0 Å². The maximum Gasteiger partial charge on any atom is 0.217 e. The van der Waals surface area contributed by atoms with E-state index >= 15 is 0 Å². The van der Waals surface area contributed by atoms with Crippen LogP contribution in [-0.4, -0.2) is 11.3 Å². The summed E-state index contributed by atoms with van der Waals surface area (Å²) in [4.78, 5) is 11.4. The SMILES string of the molecule is CC1CC[N+](=O)Cc2ccc(Cl)cc21. The van der Waals surface area contributed by atoms with Crippen LogP contribution in [0.2, 0.25) is 5.02 Å². The Labute approximate surface area is 88.5 Å². The van der Waals surface area contributed by atoms with Crippen molar-refractivity contribution < 1.29 is 4.76 Å². The second-order valence-corrected chi connectivity index (χ2v) is 4.33. The largest absolute Gasteiger partial charge is 0.217 e. The molecule has 0 amide bonds. The second kappa shape index (κ2) is 3.70. The Hall–Kier alpha value is -0.890. The van der Waals surface area contributed by atoms with Gasteiger partial charge < -0.3 is 0 Å². The fourth-order valence-electron chi connectivity index (χ4n) is 1.93. The van der Waals surface area contributed by atoms with Crippen LogP contribution in [0.1, 0.15) is 30.4 Å². The van der Waals surface area contributed by atoms with Gasteiger partial charge >= 0.3 is 0 Å². The van der Waals surface area contributed by atoms with E-state index in [1.807, 2.05) is 18.2 Å². The van der Waals surface area contributed by atoms with Crippen LogP contribution in [0, 0.1) is 4.91 Å². The lowest BCUT2D eigenvalue weighted by Gasteiger charge is -2.09. The van der Waals surface area contributed by atoms with Crippen molar-refractivity contribution in [2.24, 2.45) is 0 Å². The molecule has 1 aliphatic rings. The molecule has 0 saturated carbocycles. The number of hydrogen-bond acceptors (Lipinski definition) is 1. The van der Waals surface area contributed by atoms with Crippen LogP contribution in [0.4, 0.5) is 0 Å². The van der Waals surface area contributed by atoms with Gasteiger partial charge in [0.1, 0.15) is 0 Å². The van der Waals surface area contributed by atoms with Crippen molar-refractivity contribution in [2.75, 3.05) is 6.54 Å². The molecular weight excluding hydrogens is 198 g/mol. The molecule has 1 heterocycles. The first-order valence-electron chi connectivity index (χ1n) is 4.87. The lowest BCUT2D eigenvalue weighted by molar-refractivity contribution is -0.563. The first-order valence-corrected chi connectivity index (χ1v) is 5.25. The van der Waals surface area contributed by atoms with E-state index in [0.717, 1.165) is 21.8 Å². The van der Waals surface area contributed by atoms with Crippen LogP contribution in [0.5, 0.6) is 0 Å². The van der Waals surface area contributed by atoms with Crippen LogP contribution < -0.4 is 0 Å². The van der Waals surface area contributed by atoms with Crippen molar-refractivity contribution in [1.29, 1.82) is 0 Å². The molecule has 1 aromatic carbocycles. The highest BCUT2D eigenvalue weighted by Crippen LogP contribution is 2.28. The van der Waals surface area contributed by atoms with Gasteiger partial charge in [-0.3, -0.25) is 0 Å². The number of nitroso groups, excluding NO2 is 1. The van der Waals surface area contributed by atoms with Gasteiger partial charge in [-0.2, -0.15) is 0 Å². The van der Waals surface area contributed by atoms with Gasteiger partial charge in [-0.1, -0.05) is 24.6 Å². The van der Waals surface area contributed by atoms with Crippen molar-refractivity contribution in [1.82, 2.24) is 0 Å². The number of halogens is 1. The van der Waals surface area contributed by atoms with E-state index < -0.39 is 0 Å². The van der Waals surface area contributed by atoms with Crippen molar-refractivity contribution in [3.05, 3.63) is 39.3 Å². The first kappa shape index (κ1) is 9.66. The van der Waals surface area contributed by atoms with Gasteiger partial charge in [0.25, 0.3) is 0 Å². The van der Waals surface area contributed by atoms with Crippen LogP contribution in [0.3, 0.4) is 0 Å². The molecule has 1 aromatic rings. The molecule has 2 nitrogen and oxygen atoms in total. The Balaban J connectivity index is 2.46. The van der Waals surface area contributed by atoms with Crippen molar-refractivity contribution in [2.45, 2.75) is 25.8 Å². The fourth-order valence-corrected chi connectivity index (χ4v) is 2.11. The smallest absolute Gasteiger partial charge is 0.0843 e. The van der Waals surface area contributed by atoms with E-state index in [1.54, 1.807) is 0 Å². The molecule has 1 aliphatic heterocycles. The molecule has 1 unspecified atom stereocenters. The molecule has 74 valence electrons. The Bertz CT molecular complexity index is 376. The van der Waals surface area contributed by atoms with Gasteiger partial charge in [-0.05, 0) is 23.6 Å². The monoisotopic (exact) mass is 210 g/mol. The molecule has 0 bridgehead atoms. The molecule has 0 aromatic heterocycles. The maximum atomic E-state index is 11.4. The standard InChI is InChI=1S/C11H13ClNO/c1-8-4-5-13(14)7-9-2-3-10(12)6-11(8)9/h2-3,6,8H,4-5,7H2,1H3/q+1. The number of hydrogen-bond donors (Lipinski definition) is 0. The summed E-state index contributed by atoms with van der Waals surface area (Å²) in [5, 5.41) is 0.759. The van der Waals surface area contributed by atoms with E-state index in [2.05, 4.69) is 6.92 Å². The van der Waals surface area contributed by atoms with Crippen LogP contribution in [0.25, 0.3) is 0 Å². The zero-order chi connectivity index (χ0) is 10.1. The highest BCUT2D eigenvalue weighted by molar-refractivity contribution is 6.30. The summed E-state index contributed by atoms with van der Waals surface area (Å²) >= 11 is 5.94. The summed E-state index contributed by atoms with van der Waals surface area (Å²) in [6.45, 7) is 3.26. The van der Waals surface area contributed by atoms with E-state index in [4.69, 9.17) is 11.6 Å². The minimum Gasteiger partial charge on any atom is -0.0843 e. The summed E-state index contributed by atoms with van der Waals surface area (Å²) in [6.07, 6.45) is 0.914. The zero-order valence-electron chi connectivity index (χ0n) is 8.16. The third-order valence-electron chi connectivity index (χ3n) is 2.80. The topological polar surface area (TPSA) is 20.1 Å². The third kappa shape index (κ3) is 1.80. The van der Waals surface area contributed by atoms with Crippen LogP contribution in [0.15, 0.2) is 18.2 Å². The van der Waals surface area contributed by atoms with Gasteiger partial charge in [-0.25, -0.2) is 0 Å². The quantitative estimate of drug-likeness (QED) is 0.603. The molecule has 2 rings (SSSR count). The number of fused-ring (bicyclic) bond motifs is 1. The summed E-state index contributed by atoms with van der Waals surface area (Å²) in [6, 6.07) is 5.80. The molecule has 14 heavy (non-hydrogen) atoms. The summed E-state index contributed by atoms with van der Waals surface area (Å²) < 4.78 is 1.12. The fraction of sp³-hybridized carbons (Fsp3) is 0.455. The lowest BCUT2D eigenvalue weighted by atomic mass is 9.95. The highest BCUT2D eigenvalue weighted by atomic mass is 35.5. The van der Waals surface area contributed by atoms with Crippen LogP contribution in [-0.2, 0) is 6.54 Å². The molecule has 1 atom stereocenters. The van der Waals surface area contributed by atoms with E-state index in [1.165, 1.54) is 5.56 Å². The van der Waals surface area contributed by atoms with Gasteiger partial charge in [-0.15, -0.1) is 0 Å². The molecule has 0 aliphatic carbocycles. The van der Waals surface area contributed by atoms with Gasteiger partial charge in [0.2, 0.25) is 6.54 Å².